The Morgan fingerprint density at radius 2 is 1.79 bits per heavy atom. The molecule has 0 spiro atoms. The van der Waals surface area contributed by atoms with Gasteiger partial charge in [-0.25, -0.2) is 8.78 Å². The third-order valence-corrected chi connectivity index (χ3v) is 3.66. The Kier molecular flexibility index (Phi) is 5.20. The summed E-state index contributed by atoms with van der Waals surface area (Å²) in [6.45, 7) is 3.78. The van der Waals surface area contributed by atoms with Crippen molar-refractivity contribution in [1.29, 1.82) is 5.26 Å². The van der Waals surface area contributed by atoms with Gasteiger partial charge < -0.3 is 9.47 Å². The number of benzene rings is 2. The number of methoxy groups -OCH3 is 2. The van der Waals surface area contributed by atoms with Crippen LogP contribution in [0.4, 0.5) is 8.78 Å². The van der Waals surface area contributed by atoms with Gasteiger partial charge in [0.1, 0.15) is 11.5 Å². The van der Waals surface area contributed by atoms with Crippen molar-refractivity contribution in [1.82, 2.24) is 0 Å². The van der Waals surface area contributed by atoms with Gasteiger partial charge in [-0.05, 0) is 29.8 Å². The summed E-state index contributed by atoms with van der Waals surface area (Å²) < 4.78 is 39.3. The highest BCUT2D eigenvalue weighted by atomic mass is 19.3. The van der Waals surface area contributed by atoms with Gasteiger partial charge in [-0.15, -0.1) is 0 Å². The van der Waals surface area contributed by atoms with Crippen molar-refractivity contribution >= 4 is 5.57 Å². The van der Waals surface area contributed by atoms with Crippen molar-refractivity contribution in [2.75, 3.05) is 14.2 Å². The number of hydrogen-bond acceptors (Lipinski definition) is 3. The van der Waals surface area contributed by atoms with Crippen LogP contribution in [0.2, 0.25) is 0 Å². The lowest BCUT2D eigenvalue weighted by Crippen LogP contribution is -2.14. The predicted octanol–water partition coefficient (Wildman–Crippen LogP) is 4.77. The van der Waals surface area contributed by atoms with Gasteiger partial charge in [0, 0.05) is 23.6 Å². The molecule has 0 unspecified atom stereocenters. The number of ether oxygens (including phenoxy) is 2. The molecule has 2 rings (SSSR count). The summed E-state index contributed by atoms with van der Waals surface area (Å²) in [4.78, 5) is 0. The van der Waals surface area contributed by atoms with Gasteiger partial charge >= 0.3 is 0 Å². The van der Waals surface area contributed by atoms with Crippen LogP contribution < -0.4 is 9.47 Å². The Bertz CT molecular complexity index is 777. The SMILES string of the molecule is C=C(CC(F)(F)c1ccc(C#N)cc1)c1ccc(OC)cc1OC. The van der Waals surface area contributed by atoms with Gasteiger partial charge in [-0.1, -0.05) is 18.7 Å². The molecule has 2 aromatic carbocycles. The maximum atomic E-state index is 14.5. The molecular weight excluding hydrogens is 312 g/mol. The van der Waals surface area contributed by atoms with Crippen LogP contribution in [0.3, 0.4) is 0 Å². The molecule has 0 fully saturated rings. The number of nitriles is 1. The first-order chi connectivity index (χ1) is 11.4. The second-order valence-corrected chi connectivity index (χ2v) is 5.24. The Morgan fingerprint density at radius 3 is 2.33 bits per heavy atom. The normalized spacial score (nSPS) is 10.8. The van der Waals surface area contributed by atoms with E-state index in [0.29, 0.717) is 22.6 Å². The molecule has 0 aromatic heterocycles. The van der Waals surface area contributed by atoms with E-state index in [2.05, 4.69) is 6.58 Å². The highest BCUT2D eigenvalue weighted by molar-refractivity contribution is 5.70. The van der Waals surface area contributed by atoms with Crippen LogP contribution in [0.15, 0.2) is 49.0 Å². The second-order valence-electron chi connectivity index (χ2n) is 5.24. The van der Waals surface area contributed by atoms with Gasteiger partial charge in [0.25, 0.3) is 5.92 Å². The Balaban J connectivity index is 2.25. The molecule has 0 aliphatic heterocycles. The lowest BCUT2D eigenvalue weighted by Gasteiger charge is -2.20. The van der Waals surface area contributed by atoms with E-state index in [-0.39, 0.29) is 11.1 Å². The van der Waals surface area contributed by atoms with Crippen LogP contribution in [-0.4, -0.2) is 14.2 Å². The average Bonchev–Trinajstić information content (AvgIpc) is 2.60. The number of nitrogens with zero attached hydrogens (tertiary/aromatic N) is 1. The highest BCUT2D eigenvalue weighted by Crippen LogP contribution is 2.40. The lowest BCUT2D eigenvalue weighted by molar-refractivity contribution is 0.00161. The first kappa shape index (κ1) is 17.5. The van der Waals surface area contributed by atoms with Crippen molar-refractivity contribution < 1.29 is 18.3 Å². The zero-order chi connectivity index (χ0) is 17.7. The van der Waals surface area contributed by atoms with E-state index in [1.54, 1.807) is 18.2 Å². The topological polar surface area (TPSA) is 42.2 Å². The van der Waals surface area contributed by atoms with Crippen LogP contribution >= 0.6 is 0 Å². The minimum atomic E-state index is -3.10. The molecule has 0 radical (unpaired) electrons. The fraction of sp³-hybridized carbons (Fsp3) is 0.211. The summed E-state index contributed by atoms with van der Waals surface area (Å²) in [6, 6.07) is 12.1. The van der Waals surface area contributed by atoms with Crippen molar-refractivity contribution in [2.45, 2.75) is 12.3 Å². The standard InChI is InChI=1S/C19H17F2NO2/c1-13(17-9-8-16(23-2)10-18(17)24-3)11-19(20,21)15-6-4-14(12-22)5-7-15/h4-10H,1,11H2,2-3H3. The van der Waals surface area contributed by atoms with E-state index in [0.717, 1.165) is 0 Å². The summed E-state index contributed by atoms with van der Waals surface area (Å²) in [5.74, 6) is -2.10. The van der Waals surface area contributed by atoms with Gasteiger partial charge in [0.05, 0.1) is 25.9 Å². The molecular formula is C19H17F2NO2. The molecule has 124 valence electrons. The number of rotatable bonds is 6. The fourth-order valence-electron chi connectivity index (χ4n) is 2.34. The summed E-state index contributed by atoms with van der Waals surface area (Å²) >= 11 is 0. The number of alkyl halides is 2. The van der Waals surface area contributed by atoms with E-state index < -0.39 is 12.3 Å². The molecule has 3 nitrogen and oxygen atoms in total. The molecule has 0 amide bonds. The predicted molar refractivity (Wildman–Crippen MR) is 88.2 cm³/mol. The fourth-order valence-corrected chi connectivity index (χ4v) is 2.34. The molecule has 0 N–H and O–H groups in total. The molecule has 0 aliphatic rings. The van der Waals surface area contributed by atoms with Crippen LogP contribution in [0, 0.1) is 11.3 Å². The van der Waals surface area contributed by atoms with Gasteiger partial charge in [0.15, 0.2) is 0 Å². The van der Waals surface area contributed by atoms with Gasteiger partial charge in [-0.3, -0.25) is 0 Å². The molecule has 0 saturated carbocycles. The summed E-state index contributed by atoms with van der Waals surface area (Å²) in [5, 5.41) is 8.75. The van der Waals surface area contributed by atoms with Crippen LogP contribution in [0.25, 0.3) is 5.57 Å². The minimum Gasteiger partial charge on any atom is -0.497 e. The van der Waals surface area contributed by atoms with Crippen molar-refractivity contribution in [2.24, 2.45) is 0 Å². The zero-order valence-electron chi connectivity index (χ0n) is 13.5. The quantitative estimate of drug-likeness (QED) is 0.766. The smallest absolute Gasteiger partial charge is 0.277 e. The number of hydrogen-bond donors (Lipinski definition) is 0. The van der Waals surface area contributed by atoms with E-state index in [1.165, 1.54) is 38.5 Å². The van der Waals surface area contributed by atoms with Gasteiger partial charge in [-0.2, -0.15) is 5.26 Å². The van der Waals surface area contributed by atoms with E-state index in [4.69, 9.17) is 14.7 Å². The monoisotopic (exact) mass is 329 g/mol. The van der Waals surface area contributed by atoms with Gasteiger partial charge in [0.2, 0.25) is 0 Å². The second kappa shape index (κ2) is 7.14. The Hall–Kier alpha value is -2.87. The Labute approximate surface area is 139 Å². The molecule has 0 saturated heterocycles. The maximum Gasteiger partial charge on any atom is 0.277 e. The summed E-state index contributed by atoms with van der Waals surface area (Å²) in [7, 11) is 2.98. The van der Waals surface area contributed by atoms with Crippen LogP contribution in [0.5, 0.6) is 11.5 Å². The van der Waals surface area contributed by atoms with E-state index >= 15 is 0 Å². The number of halogens is 2. The van der Waals surface area contributed by atoms with E-state index in [9.17, 15) is 8.78 Å². The molecule has 24 heavy (non-hydrogen) atoms. The minimum absolute atomic E-state index is 0.157. The molecule has 0 atom stereocenters. The average molecular weight is 329 g/mol. The molecule has 0 heterocycles. The van der Waals surface area contributed by atoms with Crippen molar-refractivity contribution in [3.05, 3.63) is 65.7 Å². The maximum absolute atomic E-state index is 14.5. The Morgan fingerprint density at radius 1 is 1.12 bits per heavy atom. The molecule has 0 aliphatic carbocycles. The number of allylic oxidation sites excluding steroid dienone is 1. The third kappa shape index (κ3) is 3.72. The zero-order valence-corrected chi connectivity index (χ0v) is 13.5. The van der Waals surface area contributed by atoms with E-state index in [1.807, 2.05) is 6.07 Å². The molecule has 5 heteroatoms. The molecule has 2 aromatic rings. The molecule has 0 bridgehead atoms. The largest absolute Gasteiger partial charge is 0.497 e. The van der Waals surface area contributed by atoms with Crippen molar-refractivity contribution in [3.8, 4) is 17.6 Å². The summed E-state index contributed by atoms with van der Waals surface area (Å²) in [6.07, 6.45) is -0.554. The summed E-state index contributed by atoms with van der Waals surface area (Å²) in [5.41, 5.74) is 0.941. The first-order valence-electron chi connectivity index (χ1n) is 7.20. The van der Waals surface area contributed by atoms with Crippen LogP contribution in [-0.2, 0) is 5.92 Å². The van der Waals surface area contributed by atoms with Crippen LogP contribution in [0.1, 0.15) is 23.1 Å². The third-order valence-electron chi connectivity index (χ3n) is 3.66. The first-order valence-corrected chi connectivity index (χ1v) is 7.20. The lowest BCUT2D eigenvalue weighted by atomic mass is 9.95. The van der Waals surface area contributed by atoms with Crippen molar-refractivity contribution in [3.63, 3.8) is 0 Å². The highest BCUT2D eigenvalue weighted by Gasteiger charge is 2.33.